The summed E-state index contributed by atoms with van der Waals surface area (Å²) in [6, 6.07) is 11.4. The van der Waals surface area contributed by atoms with Crippen molar-refractivity contribution in [2.24, 2.45) is 0 Å². The van der Waals surface area contributed by atoms with E-state index in [1.807, 2.05) is 19.1 Å². The van der Waals surface area contributed by atoms with Gasteiger partial charge in [-0.15, -0.1) is 0 Å². The molecule has 5 heteroatoms. The Labute approximate surface area is 133 Å². The van der Waals surface area contributed by atoms with Gasteiger partial charge in [-0.2, -0.15) is 0 Å². The van der Waals surface area contributed by atoms with Crippen LogP contribution in [0.15, 0.2) is 42.5 Å². The van der Waals surface area contributed by atoms with Crippen LogP contribution < -0.4 is 4.74 Å². The first-order chi connectivity index (χ1) is 10.5. The summed E-state index contributed by atoms with van der Waals surface area (Å²) < 4.78 is 23.8. The van der Waals surface area contributed by atoms with Crippen LogP contribution in [-0.2, 0) is 9.53 Å². The summed E-state index contributed by atoms with van der Waals surface area (Å²) >= 11 is 5.70. The van der Waals surface area contributed by atoms with Crippen molar-refractivity contribution in [2.75, 3.05) is 7.11 Å². The summed E-state index contributed by atoms with van der Waals surface area (Å²) in [4.78, 5) is 11.3. The van der Waals surface area contributed by atoms with E-state index in [1.54, 1.807) is 18.2 Å². The van der Waals surface area contributed by atoms with E-state index in [0.717, 1.165) is 5.56 Å². The van der Waals surface area contributed by atoms with E-state index >= 15 is 0 Å². The molecule has 0 saturated carbocycles. The van der Waals surface area contributed by atoms with Crippen molar-refractivity contribution in [1.29, 1.82) is 0 Å². The van der Waals surface area contributed by atoms with Crippen LogP contribution in [0, 0.1) is 5.82 Å². The van der Waals surface area contributed by atoms with E-state index < -0.39 is 5.82 Å². The van der Waals surface area contributed by atoms with Crippen LogP contribution in [0.25, 0.3) is 0 Å². The van der Waals surface area contributed by atoms with Gasteiger partial charge in [-0.05, 0) is 41.8 Å². The standard InChI is InChI=1S/C17H16ClFO3/c1-11(9-17(20)21-2)12-3-6-14(7-4-12)22-16-8-5-13(18)10-15(16)19/h3-8,10-11H,9H2,1-2H3. The van der Waals surface area contributed by atoms with Gasteiger partial charge in [0.15, 0.2) is 11.6 Å². The van der Waals surface area contributed by atoms with Gasteiger partial charge in [0.2, 0.25) is 0 Å². The average Bonchev–Trinajstić information content (AvgIpc) is 2.50. The van der Waals surface area contributed by atoms with E-state index in [1.165, 1.54) is 19.2 Å². The molecular formula is C17H16ClFO3. The highest BCUT2D eigenvalue weighted by Crippen LogP contribution is 2.28. The van der Waals surface area contributed by atoms with Gasteiger partial charge in [0.25, 0.3) is 0 Å². The van der Waals surface area contributed by atoms with Crippen molar-refractivity contribution < 1.29 is 18.7 Å². The fourth-order valence-electron chi connectivity index (χ4n) is 2.00. The molecule has 0 aliphatic rings. The predicted octanol–water partition coefficient (Wildman–Crippen LogP) is 4.94. The maximum Gasteiger partial charge on any atom is 0.306 e. The molecule has 0 radical (unpaired) electrons. The smallest absolute Gasteiger partial charge is 0.306 e. The molecule has 0 aliphatic heterocycles. The van der Waals surface area contributed by atoms with Gasteiger partial charge in [-0.3, -0.25) is 4.79 Å². The average molecular weight is 323 g/mol. The molecule has 1 atom stereocenters. The van der Waals surface area contributed by atoms with Gasteiger partial charge in [0.1, 0.15) is 5.75 Å². The van der Waals surface area contributed by atoms with Crippen LogP contribution in [0.5, 0.6) is 11.5 Å². The van der Waals surface area contributed by atoms with E-state index in [0.29, 0.717) is 17.2 Å². The number of hydrogen-bond acceptors (Lipinski definition) is 3. The van der Waals surface area contributed by atoms with Crippen LogP contribution in [0.2, 0.25) is 5.02 Å². The minimum atomic E-state index is -0.518. The highest BCUT2D eigenvalue weighted by Gasteiger charge is 2.12. The Kier molecular flexibility index (Phi) is 5.39. The molecule has 2 rings (SSSR count). The molecule has 0 bridgehead atoms. The molecule has 116 valence electrons. The molecule has 0 heterocycles. The monoisotopic (exact) mass is 322 g/mol. The van der Waals surface area contributed by atoms with Crippen molar-refractivity contribution >= 4 is 17.6 Å². The lowest BCUT2D eigenvalue weighted by Crippen LogP contribution is -2.05. The van der Waals surface area contributed by atoms with Crippen LogP contribution >= 0.6 is 11.6 Å². The minimum Gasteiger partial charge on any atom is -0.469 e. The van der Waals surface area contributed by atoms with E-state index in [2.05, 4.69) is 4.74 Å². The Bertz CT molecular complexity index is 655. The molecule has 0 amide bonds. The molecule has 2 aromatic carbocycles. The first kappa shape index (κ1) is 16.3. The van der Waals surface area contributed by atoms with Gasteiger partial charge in [0, 0.05) is 5.02 Å². The molecule has 3 nitrogen and oxygen atoms in total. The first-order valence-electron chi connectivity index (χ1n) is 6.79. The second kappa shape index (κ2) is 7.27. The summed E-state index contributed by atoms with van der Waals surface area (Å²) in [5, 5.41) is 0.317. The highest BCUT2D eigenvalue weighted by atomic mass is 35.5. The summed E-state index contributed by atoms with van der Waals surface area (Å²) in [5.41, 5.74) is 0.981. The maximum atomic E-state index is 13.7. The van der Waals surface area contributed by atoms with Crippen LogP contribution in [0.4, 0.5) is 4.39 Å². The predicted molar refractivity (Wildman–Crippen MR) is 83.0 cm³/mol. The first-order valence-corrected chi connectivity index (χ1v) is 7.17. The molecular weight excluding hydrogens is 307 g/mol. The number of methoxy groups -OCH3 is 1. The molecule has 1 unspecified atom stereocenters. The lowest BCUT2D eigenvalue weighted by Gasteiger charge is -2.12. The van der Waals surface area contributed by atoms with Gasteiger partial charge in [-0.1, -0.05) is 30.7 Å². The molecule has 0 N–H and O–H groups in total. The number of esters is 1. The number of benzene rings is 2. The zero-order chi connectivity index (χ0) is 16.1. The topological polar surface area (TPSA) is 35.5 Å². The largest absolute Gasteiger partial charge is 0.469 e. The number of ether oxygens (including phenoxy) is 2. The molecule has 0 fully saturated rings. The van der Waals surface area contributed by atoms with E-state index in [9.17, 15) is 9.18 Å². The summed E-state index contributed by atoms with van der Waals surface area (Å²) in [6.07, 6.45) is 0.308. The summed E-state index contributed by atoms with van der Waals surface area (Å²) in [6.45, 7) is 1.94. The van der Waals surface area contributed by atoms with Crippen molar-refractivity contribution in [3.8, 4) is 11.5 Å². The van der Waals surface area contributed by atoms with E-state index in [-0.39, 0.29) is 17.6 Å². The third kappa shape index (κ3) is 4.21. The third-order valence-corrected chi connectivity index (χ3v) is 3.51. The normalized spacial score (nSPS) is 11.8. The zero-order valence-corrected chi connectivity index (χ0v) is 13.1. The van der Waals surface area contributed by atoms with Gasteiger partial charge < -0.3 is 9.47 Å². The Hall–Kier alpha value is -2.07. The number of hydrogen-bond donors (Lipinski definition) is 0. The highest BCUT2D eigenvalue weighted by molar-refractivity contribution is 6.30. The zero-order valence-electron chi connectivity index (χ0n) is 12.3. The molecule has 2 aromatic rings. The fourth-order valence-corrected chi connectivity index (χ4v) is 2.16. The van der Waals surface area contributed by atoms with Crippen molar-refractivity contribution in [3.05, 3.63) is 58.9 Å². The van der Waals surface area contributed by atoms with Crippen LogP contribution in [0.1, 0.15) is 24.8 Å². The number of halogens is 2. The minimum absolute atomic E-state index is 0.0359. The van der Waals surface area contributed by atoms with Gasteiger partial charge in [0.05, 0.1) is 13.5 Å². The van der Waals surface area contributed by atoms with Gasteiger partial charge in [-0.25, -0.2) is 4.39 Å². The molecule has 22 heavy (non-hydrogen) atoms. The van der Waals surface area contributed by atoms with Crippen molar-refractivity contribution in [3.63, 3.8) is 0 Å². The quantitative estimate of drug-likeness (QED) is 0.731. The van der Waals surface area contributed by atoms with Gasteiger partial charge >= 0.3 is 5.97 Å². The second-order valence-electron chi connectivity index (χ2n) is 4.93. The number of rotatable bonds is 5. The SMILES string of the molecule is COC(=O)CC(C)c1ccc(Oc2ccc(Cl)cc2F)cc1. The molecule has 0 saturated heterocycles. The van der Waals surface area contributed by atoms with Crippen molar-refractivity contribution in [1.82, 2.24) is 0 Å². The maximum absolute atomic E-state index is 13.7. The van der Waals surface area contributed by atoms with Crippen LogP contribution in [0.3, 0.4) is 0 Å². The third-order valence-electron chi connectivity index (χ3n) is 3.27. The van der Waals surface area contributed by atoms with Crippen molar-refractivity contribution in [2.45, 2.75) is 19.3 Å². The molecule has 0 aromatic heterocycles. The Morgan fingerprint density at radius 2 is 1.91 bits per heavy atom. The van der Waals surface area contributed by atoms with E-state index in [4.69, 9.17) is 16.3 Å². The number of carbonyl (C=O) groups is 1. The summed E-state index contributed by atoms with van der Waals surface area (Å²) in [7, 11) is 1.37. The lowest BCUT2D eigenvalue weighted by molar-refractivity contribution is -0.140. The Morgan fingerprint density at radius 1 is 1.23 bits per heavy atom. The lowest BCUT2D eigenvalue weighted by atomic mass is 9.98. The Morgan fingerprint density at radius 3 is 2.50 bits per heavy atom. The number of carbonyl (C=O) groups excluding carboxylic acids is 1. The Balaban J connectivity index is 2.07. The summed E-state index contributed by atoms with van der Waals surface area (Å²) in [5.74, 6) is -0.115. The molecule has 0 spiro atoms. The van der Waals surface area contributed by atoms with Crippen LogP contribution in [-0.4, -0.2) is 13.1 Å². The molecule has 0 aliphatic carbocycles. The second-order valence-corrected chi connectivity index (χ2v) is 5.36. The fraction of sp³-hybridized carbons (Fsp3) is 0.235.